The van der Waals surface area contributed by atoms with Crippen LogP contribution in [0.3, 0.4) is 0 Å². The molecule has 2 saturated heterocycles. The zero-order chi connectivity index (χ0) is 30.6. The highest BCUT2D eigenvalue weighted by molar-refractivity contribution is 6.43. The highest BCUT2D eigenvalue weighted by atomic mass is 35.5. The van der Waals surface area contributed by atoms with E-state index in [2.05, 4.69) is 0 Å². The minimum absolute atomic E-state index is 0.239. The van der Waals surface area contributed by atoms with Crippen molar-refractivity contribution in [2.45, 2.75) is 6.42 Å². The summed E-state index contributed by atoms with van der Waals surface area (Å²) in [6.07, 6.45) is 4.34. The van der Waals surface area contributed by atoms with Gasteiger partial charge in [-0.1, -0.05) is 94.5 Å². The molecule has 6 aliphatic rings. The van der Waals surface area contributed by atoms with E-state index in [4.69, 9.17) is 46.4 Å². The number of hydrogen-bond acceptors (Lipinski definition) is 4. The van der Waals surface area contributed by atoms with E-state index >= 15 is 0 Å². The Bertz CT molecular complexity index is 1890. The number of carbonyl (C=O) groups excluding carboxylic acids is 4. The van der Waals surface area contributed by atoms with Crippen LogP contribution in [0.1, 0.15) is 12.0 Å². The first-order valence-electron chi connectivity index (χ1n) is 14.3. The molecule has 3 aromatic rings. The Balaban J connectivity index is 1.28. The predicted molar refractivity (Wildman–Crippen MR) is 169 cm³/mol. The Morgan fingerprint density at radius 2 is 1.14 bits per heavy atom. The molecule has 6 nitrogen and oxygen atoms in total. The maximum Gasteiger partial charge on any atom is 0.238 e. The average molecular weight is 664 g/mol. The lowest BCUT2D eigenvalue weighted by atomic mass is 9.49. The fraction of sp³-hybridized carbons (Fsp3) is 0.235. The zero-order valence-electron chi connectivity index (χ0n) is 22.8. The highest BCUT2D eigenvalue weighted by Crippen LogP contribution is 2.63. The van der Waals surface area contributed by atoms with Crippen LogP contribution in [0.5, 0.6) is 0 Å². The van der Waals surface area contributed by atoms with Gasteiger partial charge in [-0.25, -0.2) is 9.80 Å². The predicted octanol–water partition coefficient (Wildman–Crippen LogP) is 7.50. The van der Waals surface area contributed by atoms with Gasteiger partial charge in [0.1, 0.15) is 0 Å². The van der Waals surface area contributed by atoms with Gasteiger partial charge in [-0.15, -0.1) is 0 Å². The Hall–Kier alpha value is -3.42. The van der Waals surface area contributed by atoms with Gasteiger partial charge in [-0.3, -0.25) is 19.2 Å². The lowest BCUT2D eigenvalue weighted by Crippen LogP contribution is -2.51. The molecule has 44 heavy (non-hydrogen) atoms. The van der Waals surface area contributed by atoms with E-state index in [-0.39, 0.29) is 33.7 Å². The zero-order valence-corrected chi connectivity index (χ0v) is 25.8. The van der Waals surface area contributed by atoms with Crippen LogP contribution in [0.25, 0.3) is 5.57 Å². The number of carbonyl (C=O) groups is 4. The van der Waals surface area contributed by atoms with Crippen LogP contribution in [-0.4, -0.2) is 23.6 Å². The number of nitrogens with zero attached hydrogens (tertiary/aromatic N) is 2. The quantitative estimate of drug-likeness (QED) is 0.215. The summed E-state index contributed by atoms with van der Waals surface area (Å²) in [7, 11) is 0. The van der Waals surface area contributed by atoms with Crippen molar-refractivity contribution in [2.75, 3.05) is 9.80 Å². The summed E-state index contributed by atoms with van der Waals surface area (Å²) < 4.78 is 0. The largest absolute Gasteiger partial charge is 0.274 e. The molecule has 3 aromatic carbocycles. The molecule has 4 aliphatic carbocycles. The third-order valence-electron chi connectivity index (χ3n) is 9.95. The molecule has 0 N–H and O–H groups in total. The second kappa shape index (κ2) is 10.0. The highest BCUT2D eigenvalue weighted by Gasteiger charge is 2.67. The van der Waals surface area contributed by atoms with Crippen molar-refractivity contribution in [1.82, 2.24) is 0 Å². The topological polar surface area (TPSA) is 74.8 Å². The number of imide groups is 2. The van der Waals surface area contributed by atoms with Gasteiger partial charge in [0.15, 0.2) is 0 Å². The first-order valence-corrected chi connectivity index (χ1v) is 15.8. The van der Waals surface area contributed by atoms with Gasteiger partial charge in [-0.2, -0.15) is 0 Å². The summed E-state index contributed by atoms with van der Waals surface area (Å²) >= 11 is 24.8. The minimum atomic E-state index is -0.695. The number of anilines is 2. The Labute approximate surface area is 272 Å². The van der Waals surface area contributed by atoms with E-state index in [0.717, 1.165) is 16.7 Å². The van der Waals surface area contributed by atoms with Crippen LogP contribution in [0, 0.1) is 41.4 Å². The van der Waals surface area contributed by atoms with Gasteiger partial charge in [0.2, 0.25) is 23.6 Å². The molecule has 2 heterocycles. The lowest BCUT2D eigenvalue weighted by molar-refractivity contribution is -0.129. The van der Waals surface area contributed by atoms with Crippen molar-refractivity contribution in [2.24, 2.45) is 41.4 Å². The fourth-order valence-corrected chi connectivity index (χ4v) is 8.86. The standard InChI is InChI=1S/C34H22Cl4N2O4/c35-22-10-6-16(12-24(22)37)39-31(41)21-14-20(15-4-2-1-3-5-15)26-18-8-9-19(27(26)30(21)34(39)44)29-28(18)32(42)40(33(29)43)17-7-11-23(36)25(38)13-17/h1-13,18-19,21,27-30H,14H2/t18-,19-,21-,27+,28-,29+,30+/m1/s1. The van der Waals surface area contributed by atoms with Crippen molar-refractivity contribution in [3.63, 3.8) is 0 Å². The number of benzene rings is 3. The molecule has 4 amide bonds. The van der Waals surface area contributed by atoms with Gasteiger partial charge in [-0.05, 0) is 59.9 Å². The van der Waals surface area contributed by atoms with Crippen LogP contribution in [0.2, 0.25) is 20.1 Å². The lowest BCUT2D eigenvalue weighted by Gasteiger charge is -2.51. The van der Waals surface area contributed by atoms with Crippen molar-refractivity contribution in [3.05, 3.63) is 110 Å². The van der Waals surface area contributed by atoms with Gasteiger partial charge >= 0.3 is 0 Å². The molecule has 0 aromatic heterocycles. The van der Waals surface area contributed by atoms with E-state index in [1.807, 2.05) is 42.5 Å². The molecule has 2 bridgehead atoms. The fourth-order valence-electron chi connectivity index (χ4n) is 8.27. The Morgan fingerprint density at radius 3 is 1.75 bits per heavy atom. The van der Waals surface area contributed by atoms with Crippen LogP contribution >= 0.6 is 46.4 Å². The van der Waals surface area contributed by atoms with Gasteiger partial charge < -0.3 is 0 Å². The first-order chi connectivity index (χ1) is 21.2. The number of halogens is 4. The monoisotopic (exact) mass is 662 g/mol. The molecule has 9 rings (SSSR count). The molecule has 0 radical (unpaired) electrons. The second-order valence-corrected chi connectivity index (χ2v) is 13.6. The molecular formula is C34H22Cl4N2O4. The van der Waals surface area contributed by atoms with Gasteiger partial charge in [0, 0.05) is 11.8 Å². The van der Waals surface area contributed by atoms with Gasteiger partial charge in [0.25, 0.3) is 0 Å². The minimum Gasteiger partial charge on any atom is -0.274 e. The van der Waals surface area contributed by atoms with Crippen molar-refractivity contribution in [1.29, 1.82) is 0 Å². The van der Waals surface area contributed by atoms with Crippen LogP contribution in [-0.2, 0) is 19.2 Å². The molecule has 3 fully saturated rings. The Morgan fingerprint density at radius 1 is 0.568 bits per heavy atom. The summed E-state index contributed by atoms with van der Waals surface area (Å²) in [6, 6.07) is 19.2. The van der Waals surface area contributed by atoms with E-state index in [0.29, 0.717) is 27.8 Å². The normalized spacial score (nSPS) is 30.3. The number of amides is 4. The summed E-state index contributed by atoms with van der Waals surface area (Å²) in [6.45, 7) is 0. The van der Waals surface area contributed by atoms with Crippen molar-refractivity contribution in [3.8, 4) is 0 Å². The molecule has 10 heteroatoms. The number of hydrogen-bond donors (Lipinski definition) is 0. The van der Waals surface area contributed by atoms with Crippen LogP contribution < -0.4 is 9.80 Å². The average Bonchev–Trinajstić information content (AvgIpc) is 3.45. The summed E-state index contributed by atoms with van der Waals surface area (Å²) in [4.78, 5) is 59.1. The third kappa shape index (κ3) is 3.81. The SMILES string of the molecule is O=C1[C@@H]2[C@@H]3C(=C(c4ccccc4)C[C@H]2C(=O)N1c1ccc(Cl)c(Cl)c1)[C@H]1C=C[C@H]3[C@@H]2C(=O)N(c3ccc(Cl)c(Cl)c3)C(=O)[C@@H]21. The second-order valence-electron chi connectivity index (χ2n) is 11.9. The van der Waals surface area contributed by atoms with Gasteiger partial charge in [0.05, 0.1) is 55.1 Å². The smallest absolute Gasteiger partial charge is 0.238 e. The molecule has 7 atom stereocenters. The number of rotatable bonds is 3. The van der Waals surface area contributed by atoms with E-state index < -0.39 is 41.4 Å². The Kier molecular flexibility index (Phi) is 6.41. The summed E-state index contributed by atoms with van der Waals surface area (Å²) in [5.41, 5.74) is 3.59. The van der Waals surface area contributed by atoms with Crippen molar-refractivity contribution < 1.29 is 19.2 Å². The van der Waals surface area contributed by atoms with Crippen molar-refractivity contribution >= 4 is 87.0 Å². The summed E-state index contributed by atoms with van der Waals surface area (Å²) in [5, 5.41) is 1.12. The molecular weight excluding hydrogens is 642 g/mol. The molecule has 2 aliphatic heterocycles. The first kappa shape index (κ1) is 28.1. The number of allylic oxidation sites excluding steroid dienone is 4. The molecule has 220 valence electrons. The van der Waals surface area contributed by atoms with Crippen LogP contribution in [0.4, 0.5) is 11.4 Å². The number of fused-ring (bicyclic) bond motifs is 1. The van der Waals surface area contributed by atoms with E-state index in [1.54, 1.807) is 24.3 Å². The molecule has 0 spiro atoms. The maximum absolute atomic E-state index is 14.3. The maximum atomic E-state index is 14.3. The van der Waals surface area contributed by atoms with Crippen LogP contribution in [0.15, 0.2) is 84.5 Å². The molecule has 1 saturated carbocycles. The summed E-state index contributed by atoms with van der Waals surface area (Å²) in [5.74, 6) is -5.21. The molecule has 0 unspecified atom stereocenters. The van der Waals surface area contributed by atoms with E-state index in [1.165, 1.54) is 21.9 Å². The third-order valence-corrected chi connectivity index (χ3v) is 11.4. The van der Waals surface area contributed by atoms with E-state index in [9.17, 15) is 19.2 Å².